The molecular formula is C4H11N2O2S. The van der Waals surface area contributed by atoms with Crippen LogP contribution in [0, 0.1) is 0 Å². The maximum absolute atomic E-state index is 10.3. The van der Waals surface area contributed by atoms with Gasteiger partial charge in [0.25, 0.3) is 10.2 Å². The molecule has 9 heavy (non-hydrogen) atoms. The summed E-state index contributed by atoms with van der Waals surface area (Å²) in [4.78, 5) is 0. The maximum Gasteiger partial charge on any atom is 0.292 e. The fourth-order valence-corrected chi connectivity index (χ4v) is 0.858. The van der Waals surface area contributed by atoms with Crippen LogP contribution in [0.5, 0.6) is 0 Å². The van der Waals surface area contributed by atoms with Crippen LogP contribution in [0.2, 0.25) is 0 Å². The SMILES string of the molecule is CCCN(C)S([NH])(=O)=O. The lowest BCUT2D eigenvalue weighted by molar-refractivity contribution is 0.468. The molecule has 0 heterocycles. The normalized spacial score (nSPS) is 12.4. The van der Waals surface area contributed by atoms with E-state index in [1.165, 1.54) is 7.05 Å². The summed E-state index contributed by atoms with van der Waals surface area (Å²) < 4.78 is 21.6. The largest absolute Gasteiger partial charge is 0.292 e. The van der Waals surface area contributed by atoms with Gasteiger partial charge in [0.15, 0.2) is 0 Å². The van der Waals surface area contributed by atoms with E-state index in [9.17, 15) is 8.42 Å². The van der Waals surface area contributed by atoms with Crippen molar-refractivity contribution in [3.63, 3.8) is 0 Å². The Bertz CT molecular complexity index is 163. The molecule has 0 saturated heterocycles. The lowest BCUT2D eigenvalue weighted by Gasteiger charge is -2.09. The highest BCUT2D eigenvalue weighted by Gasteiger charge is 2.09. The van der Waals surface area contributed by atoms with E-state index < -0.39 is 10.2 Å². The molecule has 0 aromatic rings. The number of rotatable bonds is 3. The van der Waals surface area contributed by atoms with Crippen molar-refractivity contribution in [3.8, 4) is 0 Å². The van der Waals surface area contributed by atoms with Crippen molar-refractivity contribution in [3.05, 3.63) is 0 Å². The van der Waals surface area contributed by atoms with E-state index in [1.54, 1.807) is 0 Å². The Kier molecular flexibility index (Phi) is 3.10. The molecular weight excluding hydrogens is 140 g/mol. The van der Waals surface area contributed by atoms with Crippen molar-refractivity contribution >= 4 is 10.2 Å². The first-order valence-electron chi connectivity index (χ1n) is 2.69. The molecule has 0 aromatic heterocycles. The fraction of sp³-hybridized carbons (Fsp3) is 1.00. The van der Waals surface area contributed by atoms with Crippen LogP contribution in [0.15, 0.2) is 0 Å². The van der Waals surface area contributed by atoms with Gasteiger partial charge < -0.3 is 0 Å². The van der Waals surface area contributed by atoms with Crippen molar-refractivity contribution < 1.29 is 8.42 Å². The van der Waals surface area contributed by atoms with Gasteiger partial charge in [0, 0.05) is 13.6 Å². The molecule has 0 aliphatic carbocycles. The fourth-order valence-electron chi connectivity index (χ4n) is 0.435. The van der Waals surface area contributed by atoms with E-state index in [4.69, 9.17) is 5.14 Å². The van der Waals surface area contributed by atoms with Crippen LogP contribution in [0.25, 0.3) is 0 Å². The van der Waals surface area contributed by atoms with Gasteiger partial charge in [-0.3, -0.25) is 0 Å². The Morgan fingerprint density at radius 2 is 2.00 bits per heavy atom. The van der Waals surface area contributed by atoms with Gasteiger partial charge in [-0.15, -0.1) is 5.14 Å². The van der Waals surface area contributed by atoms with Crippen LogP contribution in [-0.2, 0) is 10.2 Å². The third-order valence-electron chi connectivity index (χ3n) is 0.949. The Balaban J connectivity index is 3.90. The Morgan fingerprint density at radius 1 is 1.56 bits per heavy atom. The van der Waals surface area contributed by atoms with E-state index >= 15 is 0 Å². The second-order valence-electron chi connectivity index (χ2n) is 1.83. The maximum atomic E-state index is 10.3. The summed E-state index contributed by atoms with van der Waals surface area (Å²) in [5, 5.41) is 6.54. The predicted molar refractivity (Wildman–Crippen MR) is 34.9 cm³/mol. The lowest BCUT2D eigenvalue weighted by atomic mass is 10.5. The summed E-state index contributed by atoms with van der Waals surface area (Å²) in [6, 6.07) is 0. The van der Waals surface area contributed by atoms with Crippen molar-refractivity contribution in [2.75, 3.05) is 13.6 Å². The minimum absolute atomic E-state index is 0.422. The molecule has 0 spiro atoms. The summed E-state index contributed by atoms with van der Waals surface area (Å²) in [6.45, 7) is 2.29. The third-order valence-corrected chi connectivity index (χ3v) is 1.95. The van der Waals surface area contributed by atoms with Crippen LogP contribution in [0.1, 0.15) is 13.3 Å². The Morgan fingerprint density at radius 3 is 2.11 bits per heavy atom. The number of hydrogen-bond donors (Lipinski definition) is 0. The smallest absolute Gasteiger partial charge is 0.194 e. The van der Waals surface area contributed by atoms with Gasteiger partial charge in [-0.25, -0.2) is 0 Å². The zero-order chi connectivity index (χ0) is 7.49. The molecule has 1 N–H and O–H groups in total. The highest BCUT2D eigenvalue weighted by atomic mass is 32.2. The molecule has 1 radical (unpaired) electrons. The summed E-state index contributed by atoms with van der Waals surface area (Å²) in [6.07, 6.45) is 0.745. The Labute approximate surface area is 55.8 Å². The topological polar surface area (TPSA) is 61.2 Å². The van der Waals surface area contributed by atoms with E-state index in [-0.39, 0.29) is 0 Å². The number of hydrogen-bond acceptors (Lipinski definition) is 2. The van der Waals surface area contributed by atoms with Crippen LogP contribution in [-0.4, -0.2) is 26.3 Å². The second-order valence-corrected chi connectivity index (χ2v) is 3.40. The number of nitrogens with zero attached hydrogens (tertiary/aromatic N) is 1. The monoisotopic (exact) mass is 151 g/mol. The molecule has 4 nitrogen and oxygen atoms in total. The molecule has 0 unspecified atom stereocenters. The van der Waals surface area contributed by atoms with Gasteiger partial charge in [0.1, 0.15) is 0 Å². The molecule has 0 rings (SSSR count). The summed E-state index contributed by atoms with van der Waals surface area (Å²) in [5.41, 5.74) is 0. The zero-order valence-electron chi connectivity index (χ0n) is 5.59. The lowest BCUT2D eigenvalue weighted by Crippen LogP contribution is -2.27. The van der Waals surface area contributed by atoms with Crippen LogP contribution in [0.4, 0.5) is 0 Å². The van der Waals surface area contributed by atoms with Gasteiger partial charge in [0.05, 0.1) is 0 Å². The van der Waals surface area contributed by atoms with Crippen molar-refractivity contribution in [2.24, 2.45) is 0 Å². The molecule has 0 aromatic carbocycles. The van der Waals surface area contributed by atoms with Gasteiger partial charge >= 0.3 is 0 Å². The van der Waals surface area contributed by atoms with Crippen LogP contribution >= 0.6 is 0 Å². The predicted octanol–water partition coefficient (Wildman–Crippen LogP) is -0.144. The molecule has 55 valence electrons. The summed E-state index contributed by atoms with van der Waals surface area (Å²) in [5.74, 6) is 0. The van der Waals surface area contributed by atoms with Crippen molar-refractivity contribution in [2.45, 2.75) is 13.3 Å². The summed E-state index contributed by atoms with van der Waals surface area (Å²) >= 11 is 0. The second kappa shape index (κ2) is 3.14. The Hall–Kier alpha value is -0.130. The van der Waals surface area contributed by atoms with E-state index in [2.05, 4.69) is 0 Å². The highest BCUT2D eigenvalue weighted by molar-refractivity contribution is 7.86. The highest BCUT2D eigenvalue weighted by Crippen LogP contribution is 1.91. The molecule has 0 fully saturated rings. The first kappa shape index (κ1) is 8.87. The van der Waals surface area contributed by atoms with Crippen LogP contribution < -0.4 is 5.14 Å². The standard InChI is InChI=1S/C4H11N2O2S/c1-3-4-6(2)9(5,7)8/h5H,3-4H2,1-2H3. The molecule has 5 heteroatoms. The summed E-state index contributed by atoms with van der Waals surface area (Å²) in [7, 11) is -2.29. The molecule has 0 atom stereocenters. The minimum Gasteiger partial charge on any atom is -0.194 e. The minimum atomic E-state index is -3.68. The van der Waals surface area contributed by atoms with Crippen molar-refractivity contribution in [1.29, 1.82) is 0 Å². The molecule has 0 saturated carbocycles. The average Bonchev–Trinajstić information content (AvgIpc) is 1.64. The quantitative estimate of drug-likeness (QED) is 0.563. The van der Waals surface area contributed by atoms with Gasteiger partial charge in [-0.1, -0.05) is 6.92 Å². The first-order chi connectivity index (χ1) is 3.98. The van der Waals surface area contributed by atoms with E-state index in [0.29, 0.717) is 6.54 Å². The zero-order valence-corrected chi connectivity index (χ0v) is 6.40. The van der Waals surface area contributed by atoms with Gasteiger partial charge in [-0.05, 0) is 6.42 Å². The first-order valence-corrected chi connectivity index (χ1v) is 4.13. The van der Waals surface area contributed by atoms with Gasteiger partial charge in [0.2, 0.25) is 0 Å². The van der Waals surface area contributed by atoms with Gasteiger partial charge in [-0.2, -0.15) is 12.7 Å². The van der Waals surface area contributed by atoms with Crippen molar-refractivity contribution in [1.82, 2.24) is 9.44 Å². The third kappa shape index (κ3) is 3.45. The van der Waals surface area contributed by atoms with E-state index in [1.807, 2.05) is 6.92 Å². The number of nitrogens with one attached hydrogen (secondary N) is 1. The average molecular weight is 151 g/mol. The van der Waals surface area contributed by atoms with E-state index in [0.717, 1.165) is 10.7 Å². The molecule has 0 aliphatic rings. The van der Waals surface area contributed by atoms with Crippen LogP contribution in [0.3, 0.4) is 0 Å². The molecule has 0 bridgehead atoms. The molecule has 0 amide bonds. The molecule has 0 aliphatic heterocycles.